The smallest absolute Gasteiger partial charge is 0.463 e. The van der Waals surface area contributed by atoms with Crippen LogP contribution in [0.2, 0.25) is 0 Å². The minimum atomic E-state index is -0.964. The molecule has 304 valence electrons. The fraction of sp³-hybridized carbons (Fsp3) is 0.548. The van der Waals surface area contributed by atoms with Gasteiger partial charge >= 0.3 is 18.1 Å². The van der Waals surface area contributed by atoms with Crippen molar-refractivity contribution in [2.75, 3.05) is 0 Å². The van der Waals surface area contributed by atoms with Crippen LogP contribution in [0.5, 0.6) is 5.75 Å². The van der Waals surface area contributed by atoms with Crippen LogP contribution in [-0.2, 0) is 51.3 Å². The summed E-state index contributed by atoms with van der Waals surface area (Å²) in [6.45, 7) is 14.3. The third-order valence-electron chi connectivity index (χ3n) is 8.93. The number of nitrogens with zero attached hydrogens (tertiary/aromatic N) is 2. The van der Waals surface area contributed by atoms with E-state index in [9.17, 15) is 28.8 Å². The molecule has 0 radical (unpaired) electrons. The lowest BCUT2D eigenvalue weighted by Crippen LogP contribution is -2.44. The fourth-order valence-electron chi connectivity index (χ4n) is 6.38. The van der Waals surface area contributed by atoms with E-state index in [4.69, 9.17) is 28.7 Å². The molecule has 0 saturated heterocycles. The number of hydrogen-bond acceptors (Lipinski definition) is 12. The van der Waals surface area contributed by atoms with Crippen LogP contribution in [0.4, 0.5) is 4.79 Å². The molecule has 56 heavy (non-hydrogen) atoms. The Morgan fingerprint density at radius 1 is 0.929 bits per heavy atom. The summed E-state index contributed by atoms with van der Waals surface area (Å²) in [4.78, 5) is 81.1. The first-order valence-electron chi connectivity index (χ1n) is 19.3. The molecule has 1 N–H and O–H groups in total. The molecule has 1 amide bonds. The lowest BCUT2D eigenvalue weighted by atomic mass is 10.0. The maximum atomic E-state index is 13.9. The van der Waals surface area contributed by atoms with E-state index in [1.165, 1.54) is 4.57 Å². The van der Waals surface area contributed by atoms with Crippen molar-refractivity contribution in [3.63, 3.8) is 0 Å². The van der Waals surface area contributed by atoms with Gasteiger partial charge < -0.3 is 33.6 Å². The summed E-state index contributed by atoms with van der Waals surface area (Å²) in [6.07, 6.45) is 4.21. The van der Waals surface area contributed by atoms with Gasteiger partial charge in [-0.15, -0.1) is 0 Å². The van der Waals surface area contributed by atoms with E-state index in [0.29, 0.717) is 34.3 Å². The summed E-state index contributed by atoms with van der Waals surface area (Å²) in [7, 11) is 0. The number of fused-ring (bicyclic) bond motifs is 4. The Bertz CT molecular complexity index is 1970. The molecule has 0 spiro atoms. The molecular weight excluding hydrogens is 722 g/mol. The Morgan fingerprint density at radius 3 is 2.30 bits per heavy atom. The monoisotopic (exact) mass is 777 g/mol. The summed E-state index contributed by atoms with van der Waals surface area (Å²) in [6, 6.07) is 7.63. The van der Waals surface area contributed by atoms with Crippen LogP contribution in [0, 0.1) is 0 Å². The van der Waals surface area contributed by atoms with Crippen molar-refractivity contribution in [2.45, 2.75) is 150 Å². The molecular formula is C42H55N3O11. The second-order valence-electron chi connectivity index (χ2n) is 16.0. The van der Waals surface area contributed by atoms with Crippen molar-refractivity contribution in [3.05, 3.63) is 57.4 Å². The molecule has 14 heteroatoms. The average Bonchev–Trinajstić information content (AvgIpc) is 3.46. The number of ether oxygens (including phenoxy) is 5. The number of hydrogen-bond donors (Lipinski definition) is 1. The zero-order valence-corrected chi connectivity index (χ0v) is 33.8. The molecule has 1 aliphatic rings. The van der Waals surface area contributed by atoms with E-state index in [1.807, 2.05) is 6.07 Å². The van der Waals surface area contributed by atoms with E-state index in [0.717, 1.165) is 44.1 Å². The number of carbonyl (C=O) groups excluding carboxylic acids is 5. The largest absolute Gasteiger partial charge is 0.514 e. The number of esters is 2. The zero-order valence-electron chi connectivity index (χ0n) is 33.8. The standard InChI is InChI=1S/C42H55N3O11/c1-9-10-11-12-13-14-15-33(39(50)55-41(3,4)5)43-35(47)18-19-36(48)53-26(2)30-22-34-37-28(23-45(34)38(49)31(30)24-52-25-46)20-27-21-29(16-17-32(27)44-37)54-40(51)56-42(6,7)8/h16-17,20-22,25-26,33H,9-15,18-19,23-24H2,1-8H3,(H,43,47). The number of carbonyl (C=O) groups is 5. The van der Waals surface area contributed by atoms with E-state index < -0.39 is 52.9 Å². The highest BCUT2D eigenvalue weighted by Crippen LogP contribution is 2.35. The molecule has 3 aromatic rings. The number of rotatable bonds is 18. The van der Waals surface area contributed by atoms with Gasteiger partial charge in [-0.1, -0.05) is 45.4 Å². The van der Waals surface area contributed by atoms with Crippen LogP contribution in [-0.4, -0.2) is 57.3 Å². The van der Waals surface area contributed by atoms with Crippen LogP contribution >= 0.6 is 0 Å². The molecule has 0 fully saturated rings. The van der Waals surface area contributed by atoms with Gasteiger partial charge in [0.1, 0.15) is 35.7 Å². The van der Waals surface area contributed by atoms with Gasteiger partial charge in [0, 0.05) is 22.9 Å². The van der Waals surface area contributed by atoms with Crippen LogP contribution < -0.4 is 15.6 Å². The van der Waals surface area contributed by atoms with Crippen molar-refractivity contribution in [3.8, 4) is 17.1 Å². The van der Waals surface area contributed by atoms with Gasteiger partial charge in [0.15, 0.2) is 0 Å². The van der Waals surface area contributed by atoms with Crippen molar-refractivity contribution < 1.29 is 47.7 Å². The molecule has 0 saturated carbocycles. The average molecular weight is 778 g/mol. The molecule has 1 aromatic carbocycles. The molecule has 2 unspecified atom stereocenters. The van der Waals surface area contributed by atoms with Crippen molar-refractivity contribution in [2.24, 2.45) is 0 Å². The lowest BCUT2D eigenvalue weighted by molar-refractivity contribution is -0.159. The number of nitrogens with one attached hydrogen (secondary N) is 1. The summed E-state index contributed by atoms with van der Waals surface area (Å²) in [5, 5.41) is 3.41. The predicted molar refractivity (Wildman–Crippen MR) is 208 cm³/mol. The van der Waals surface area contributed by atoms with Gasteiger partial charge in [0.25, 0.3) is 12.0 Å². The first kappa shape index (κ1) is 43.5. The highest BCUT2D eigenvalue weighted by molar-refractivity contribution is 5.87. The van der Waals surface area contributed by atoms with E-state index in [1.54, 1.807) is 72.7 Å². The molecule has 0 aliphatic carbocycles. The third kappa shape index (κ3) is 12.4. The SMILES string of the molecule is CCCCCCCCC(NC(=O)CCC(=O)OC(C)c1cc2n(c(=O)c1COC=O)Cc1cc3cc(OC(=O)OC(C)(C)C)ccc3nc1-2)C(=O)OC(C)(C)C. The highest BCUT2D eigenvalue weighted by atomic mass is 16.7. The normalized spacial score (nSPS) is 13.2. The topological polar surface area (TPSA) is 178 Å². The van der Waals surface area contributed by atoms with E-state index >= 15 is 0 Å². The van der Waals surface area contributed by atoms with Crippen molar-refractivity contribution in [1.82, 2.24) is 14.9 Å². The zero-order chi connectivity index (χ0) is 41.2. The first-order chi connectivity index (χ1) is 26.4. The summed E-state index contributed by atoms with van der Waals surface area (Å²) in [5.41, 5.74) is 0.858. The number of unbranched alkanes of at least 4 members (excludes halogenated alkanes) is 5. The molecule has 2 aromatic heterocycles. The Labute approximate surface area is 327 Å². The molecule has 3 heterocycles. The molecule has 1 aliphatic heterocycles. The number of aromatic nitrogens is 2. The Balaban J connectivity index is 1.47. The minimum Gasteiger partial charge on any atom is -0.463 e. The van der Waals surface area contributed by atoms with Crippen LogP contribution in [0.25, 0.3) is 22.3 Å². The van der Waals surface area contributed by atoms with Gasteiger partial charge in [0.2, 0.25) is 5.91 Å². The van der Waals surface area contributed by atoms with E-state index in [2.05, 4.69) is 12.2 Å². The van der Waals surface area contributed by atoms with Gasteiger partial charge in [-0.05, 0) is 85.2 Å². The Hall–Kier alpha value is -5.27. The summed E-state index contributed by atoms with van der Waals surface area (Å²) in [5.74, 6) is -1.45. The van der Waals surface area contributed by atoms with E-state index in [-0.39, 0.29) is 43.8 Å². The Morgan fingerprint density at radius 2 is 1.62 bits per heavy atom. The van der Waals surface area contributed by atoms with Gasteiger partial charge in [-0.3, -0.25) is 19.2 Å². The second kappa shape index (κ2) is 19.1. The van der Waals surface area contributed by atoms with Gasteiger partial charge in [-0.2, -0.15) is 0 Å². The minimum absolute atomic E-state index is 0.124. The Kier molecular flexibility index (Phi) is 14.8. The summed E-state index contributed by atoms with van der Waals surface area (Å²) < 4.78 is 28.4. The fourth-order valence-corrected chi connectivity index (χ4v) is 6.38. The highest BCUT2D eigenvalue weighted by Gasteiger charge is 2.30. The van der Waals surface area contributed by atoms with Crippen LogP contribution in [0.3, 0.4) is 0 Å². The molecule has 2 atom stereocenters. The van der Waals surface area contributed by atoms with Gasteiger partial charge in [0.05, 0.1) is 35.4 Å². The second-order valence-corrected chi connectivity index (χ2v) is 16.0. The molecule has 0 bridgehead atoms. The maximum Gasteiger partial charge on any atom is 0.514 e. The van der Waals surface area contributed by atoms with Crippen LogP contribution in [0.15, 0.2) is 35.1 Å². The molecule has 4 rings (SSSR count). The predicted octanol–water partition coefficient (Wildman–Crippen LogP) is 7.37. The van der Waals surface area contributed by atoms with Crippen LogP contribution in [0.1, 0.15) is 136 Å². The van der Waals surface area contributed by atoms with Crippen molar-refractivity contribution >= 4 is 41.4 Å². The maximum absolute atomic E-state index is 13.9. The van der Waals surface area contributed by atoms with Gasteiger partial charge in [-0.25, -0.2) is 14.6 Å². The number of pyridine rings is 2. The first-order valence-corrected chi connectivity index (χ1v) is 19.3. The quantitative estimate of drug-likeness (QED) is 0.0349. The van der Waals surface area contributed by atoms with Crippen molar-refractivity contribution in [1.29, 1.82) is 0 Å². The third-order valence-corrected chi connectivity index (χ3v) is 8.93. The molecule has 14 nitrogen and oxygen atoms in total. The summed E-state index contributed by atoms with van der Waals surface area (Å²) >= 11 is 0. The number of amides is 1. The lowest BCUT2D eigenvalue weighted by Gasteiger charge is -2.24. The number of benzene rings is 1.